The quantitative estimate of drug-likeness (QED) is 0.812. The molecule has 2 N–H and O–H groups in total. The summed E-state index contributed by atoms with van der Waals surface area (Å²) in [4.78, 5) is 11.2. The Morgan fingerprint density at radius 2 is 2.28 bits per heavy atom. The molecule has 6 nitrogen and oxygen atoms in total. The van der Waals surface area contributed by atoms with E-state index in [0.29, 0.717) is 0 Å². The van der Waals surface area contributed by atoms with Gasteiger partial charge in [-0.15, -0.1) is 0 Å². The van der Waals surface area contributed by atoms with Crippen molar-refractivity contribution in [2.75, 3.05) is 12.4 Å². The average molecular weight is 247 g/mol. The number of rotatable bonds is 5. The predicted molar refractivity (Wildman–Crippen MR) is 69.0 cm³/mol. The molecule has 0 atom stereocenters. The second kappa shape index (κ2) is 5.39. The highest BCUT2D eigenvalue weighted by Gasteiger charge is 2.02. The fourth-order valence-electron chi connectivity index (χ4n) is 1.64. The minimum absolute atomic E-state index is 0.0623. The number of carbonyl (C=O) groups is 1. The minimum atomic E-state index is -0.0623. The van der Waals surface area contributed by atoms with Crippen molar-refractivity contribution in [3.05, 3.63) is 36.4 Å². The second-order valence-electron chi connectivity index (χ2n) is 4.14. The fourth-order valence-corrected chi connectivity index (χ4v) is 1.64. The van der Waals surface area contributed by atoms with Gasteiger partial charge < -0.3 is 15.2 Å². The smallest absolute Gasteiger partial charge is 0.241 e. The first-order chi connectivity index (χ1) is 8.67. The SMILES string of the molecule is CNC(=O)Cn1cc(NCc2ccn(C)c2)cn1. The zero-order chi connectivity index (χ0) is 13.0. The van der Waals surface area contributed by atoms with Crippen LogP contribution in [0.1, 0.15) is 5.56 Å². The third kappa shape index (κ3) is 3.13. The number of nitrogens with zero attached hydrogens (tertiary/aromatic N) is 3. The molecule has 6 heteroatoms. The number of hydrogen-bond acceptors (Lipinski definition) is 3. The summed E-state index contributed by atoms with van der Waals surface area (Å²) < 4.78 is 3.61. The summed E-state index contributed by atoms with van der Waals surface area (Å²) in [5.41, 5.74) is 2.11. The monoisotopic (exact) mass is 247 g/mol. The summed E-state index contributed by atoms with van der Waals surface area (Å²) in [7, 11) is 3.60. The molecule has 0 saturated heterocycles. The first kappa shape index (κ1) is 12.2. The molecule has 2 heterocycles. The maximum absolute atomic E-state index is 11.2. The first-order valence-electron chi connectivity index (χ1n) is 5.75. The van der Waals surface area contributed by atoms with Gasteiger partial charge in [0, 0.05) is 39.2 Å². The van der Waals surface area contributed by atoms with E-state index < -0.39 is 0 Å². The largest absolute Gasteiger partial charge is 0.378 e. The molecule has 0 aromatic carbocycles. The van der Waals surface area contributed by atoms with Gasteiger partial charge >= 0.3 is 0 Å². The van der Waals surface area contributed by atoms with Gasteiger partial charge in [-0.25, -0.2) is 0 Å². The number of nitrogens with one attached hydrogen (secondary N) is 2. The summed E-state index contributed by atoms with van der Waals surface area (Å²) in [6, 6.07) is 2.06. The molecule has 0 radical (unpaired) electrons. The molecule has 0 fully saturated rings. The van der Waals surface area contributed by atoms with E-state index in [2.05, 4.69) is 28.0 Å². The van der Waals surface area contributed by atoms with E-state index in [9.17, 15) is 4.79 Å². The maximum atomic E-state index is 11.2. The van der Waals surface area contributed by atoms with Crippen LogP contribution in [-0.2, 0) is 24.9 Å². The van der Waals surface area contributed by atoms with Crippen LogP contribution in [0, 0.1) is 0 Å². The van der Waals surface area contributed by atoms with Gasteiger partial charge in [-0.05, 0) is 11.6 Å². The van der Waals surface area contributed by atoms with Crippen molar-refractivity contribution >= 4 is 11.6 Å². The van der Waals surface area contributed by atoms with E-state index in [0.717, 1.165) is 12.2 Å². The number of carbonyl (C=O) groups excluding carboxylic acids is 1. The molecule has 2 aromatic rings. The lowest BCUT2D eigenvalue weighted by atomic mass is 10.3. The number of aryl methyl sites for hydroxylation is 1. The van der Waals surface area contributed by atoms with Crippen LogP contribution in [0.25, 0.3) is 0 Å². The van der Waals surface area contributed by atoms with Crippen LogP contribution in [0.15, 0.2) is 30.9 Å². The van der Waals surface area contributed by atoms with Gasteiger partial charge in [0.15, 0.2) is 0 Å². The fraction of sp³-hybridized carbons (Fsp3) is 0.333. The first-order valence-corrected chi connectivity index (χ1v) is 5.75. The molecular weight excluding hydrogens is 230 g/mol. The average Bonchev–Trinajstić information content (AvgIpc) is 2.96. The number of likely N-dealkylation sites (N-methyl/N-ethyl adjacent to an activating group) is 1. The second-order valence-corrected chi connectivity index (χ2v) is 4.14. The Labute approximate surface area is 106 Å². The van der Waals surface area contributed by atoms with Crippen molar-refractivity contribution in [3.63, 3.8) is 0 Å². The van der Waals surface area contributed by atoms with E-state index in [1.807, 2.05) is 24.0 Å². The highest BCUT2D eigenvalue weighted by Crippen LogP contribution is 2.08. The molecule has 0 bridgehead atoms. The summed E-state index contributed by atoms with van der Waals surface area (Å²) in [6.45, 7) is 0.982. The number of anilines is 1. The molecule has 2 rings (SSSR count). The van der Waals surface area contributed by atoms with Gasteiger partial charge in [-0.1, -0.05) is 0 Å². The molecule has 0 spiro atoms. The molecular formula is C12H17N5O. The maximum Gasteiger partial charge on any atom is 0.241 e. The zero-order valence-electron chi connectivity index (χ0n) is 10.6. The Kier molecular flexibility index (Phi) is 3.66. The van der Waals surface area contributed by atoms with Gasteiger partial charge in [0.2, 0.25) is 5.91 Å². The van der Waals surface area contributed by atoms with Crippen LogP contribution in [0.4, 0.5) is 5.69 Å². The molecule has 2 aromatic heterocycles. The normalized spacial score (nSPS) is 10.3. The third-order valence-corrected chi connectivity index (χ3v) is 2.61. The van der Waals surface area contributed by atoms with Crippen LogP contribution in [0.5, 0.6) is 0 Å². The predicted octanol–water partition coefficient (Wildman–Crippen LogP) is 0.580. The van der Waals surface area contributed by atoms with Crippen LogP contribution < -0.4 is 10.6 Å². The Morgan fingerprint density at radius 1 is 1.44 bits per heavy atom. The van der Waals surface area contributed by atoms with E-state index in [4.69, 9.17) is 0 Å². The molecule has 0 saturated carbocycles. The van der Waals surface area contributed by atoms with Gasteiger partial charge in [-0.3, -0.25) is 9.48 Å². The molecule has 0 aliphatic rings. The Hall–Kier alpha value is -2.24. The lowest BCUT2D eigenvalue weighted by Crippen LogP contribution is -2.23. The third-order valence-electron chi connectivity index (χ3n) is 2.61. The van der Waals surface area contributed by atoms with Gasteiger partial charge in [0.25, 0.3) is 0 Å². The van der Waals surface area contributed by atoms with Crippen molar-refractivity contribution in [2.24, 2.45) is 7.05 Å². The van der Waals surface area contributed by atoms with E-state index >= 15 is 0 Å². The van der Waals surface area contributed by atoms with Crippen molar-refractivity contribution in [3.8, 4) is 0 Å². The highest BCUT2D eigenvalue weighted by atomic mass is 16.1. The van der Waals surface area contributed by atoms with Crippen LogP contribution in [-0.4, -0.2) is 27.3 Å². The molecule has 1 amide bonds. The Morgan fingerprint density at radius 3 is 2.94 bits per heavy atom. The summed E-state index contributed by atoms with van der Waals surface area (Å²) >= 11 is 0. The lowest BCUT2D eigenvalue weighted by molar-refractivity contribution is -0.121. The summed E-state index contributed by atoms with van der Waals surface area (Å²) in [6.07, 6.45) is 7.60. The van der Waals surface area contributed by atoms with Gasteiger partial charge in [0.1, 0.15) is 6.54 Å². The van der Waals surface area contributed by atoms with Crippen molar-refractivity contribution in [1.29, 1.82) is 0 Å². The van der Waals surface area contributed by atoms with E-state index in [1.54, 1.807) is 17.9 Å². The Bertz CT molecular complexity index is 528. The molecule has 0 unspecified atom stereocenters. The van der Waals surface area contributed by atoms with E-state index in [1.165, 1.54) is 5.56 Å². The van der Waals surface area contributed by atoms with Gasteiger partial charge in [0.05, 0.1) is 11.9 Å². The molecule has 0 aliphatic carbocycles. The van der Waals surface area contributed by atoms with E-state index in [-0.39, 0.29) is 12.5 Å². The van der Waals surface area contributed by atoms with Crippen molar-refractivity contribution in [2.45, 2.75) is 13.1 Å². The number of amides is 1. The summed E-state index contributed by atoms with van der Waals surface area (Å²) in [5.74, 6) is -0.0623. The number of hydrogen-bond donors (Lipinski definition) is 2. The molecule has 96 valence electrons. The van der Waals surface area contributed by atoms with Crippen molar-refractivity contribution in [1.82, 2.24) is 19.7 Å². The standard InChI is InChI=1S/C12H17N5O/c1-13-12(18)9-17-8-11(6-15-17)14-5-10-3-4-16(2)7-10/h3-4,6-8,14H,5,9H2,1-2H3,(H,13,18). The zero-order valence-corrected chi connectivity index (χ0v) is 10.6. The topological polar surface area (TPSA) is 63.9 Å². The molecule has 18 heavy (non-hydrogen) atoms. The van der Waals surface area contributed by atoms with Crippen LogP contribution in [0.3, 0.4) is 0 Å². The number of aromatic nitrogens is 3. The van der Waals surface area contributed by atoms with Crippen LogP contribution >= 0.6 is 0 Å². The van der Waals surface area contributed by atoms with Gasteiger partial charge in [-0.2, -0.15) is 5.10 Å². The summed E-state index contributed by atoms with van der Waals surface area (Å²) in [5, 5.41) is 9.93. The Balaban J connectivity index is 1.88. The highest BCUT2D eigenvalue weighted by molar-refractivity contribution is 5.75. The molecule has 0 aliphatic heterocycles. The van der Waals surface area contributed by atoms with Crippen LogP contribution in [0.2, 0.25) is 0 Å². The minimum Gasteiger partial charge on any atom is -0.378 e. The van der Waals surface area contributed by atoms with Crippen molar-refractivity contribution < 1.29 is 4.79 Å². The lowest BCUT2D eigenvalue weighted by Gasteiger charge is -2.01.